The Labute approximate surface area is 82.1 Å². The first-order chi connectivity index (χ1) is 6.36. The number of hydrogen-bond donors (Lipinski definition) is 1. The summed E-state index contributed by atoms with van der Waals surface area (Å²) < 4.78 is 0. The Morgan fingerprint density at radius 2 is 1.92 bits per heavy atom. The number of fused-ring (bicyclic) bond motifs is 1. The Bertz CT molecular complexity index is 138. The summed E-state index contributed by atoms with van der Waals surface area (Å²) in [6.45, 7) is 11.4. The second kappa shape index (κ2) is 5.58. The van der Waals surface area contributed by atoms with E-state index in [9.17, 15) is 0 Å². The van der Waals surface area contributed by atoms with Crippen LogP contribution in [0.15, 0.2) is 0 Å². The summed E-state index contributed by atoms with van der Waals surface area (Å²) in [4.78, 5) is 5.03. The SMILES string of the molecule is CC.CN1CCN2CCNCC2C1. The lowest BCUT2D eigenvalue weighted by molar-refractivity contribution is 0.0716. The van der Waals surface area contributed by atoms with E-state index in [0.29, 0.717) is 0 Å². The van der Waals surface area contributed by atoms with Crippen molar-refractivity contribution in [2.75, 3.05) is 46.3 Å². The minimum atomic E-state index is 0.780. The van der Waals surface area contributed by atoms with Gasteiger partial charge in [-0.05, 0) is 7.05 Å². The van der Waals surface area contributed by atoms with Gasteiger partial charge in [-0.2, -0.15) is 0 Å². The van der Waals surface area contributed by atoms with Gasteiger partial charge in [0.2, 0.25) is 0 Å². The molecule has 2 aliphatic rings. The Balaban J connectivity index is 0.000000396. The molecule has 3 heteroatoms. The summed E-state index contributed by atoms with van der Waals surface area (Å²) in [5.41, 5.74) is 0. The minimum absolute atomic E-state index is 0.780. The molecule has 2 fully saturated rings. The zero-order valence-electron chi connectivity index (χ0n) is 9.21. The van der Waals surface area contributed by atoms with E-state index in [1.54, 1.807) is 0 Å². The van der Waals surface area contributed by atoms with Crippen molar-refractivity contribution in [3.8, 4) is 0 Å². The first kappa shape index (κ1) is 11.0. The highest BCUT2D eigenvalue weighted by atomic mass is 15.3. The predicted octanol–water partition coefficient (Wildman–Crippen LogP) is 0.232. The molecule has 0 aromatic rings. The van der Waals surface area contributed by atoms with Crippen LogP contribution in [0, 0.1) is 0 Å². The first-order valence-electron chi connectivity index (χ1n) is 5.49. The smallest absolute Gasteiger partial charge is 0.0348 e. The molecule has 13 heavy (non-hydrogen) atoms. The molecule has 2 heterocycles. The lowest BCUT2D eigenvalue weighted by Crippen LogP contribution is -2.60. The van der Waals surface area contributed by atoms with Crippen molar-refractivity contribution in [1.82, 2.24) is 15.1 Å². The first-order valence-corrected chi connectivity index (χ1v) is 5.49. The number of rotatable bonds is 0. The molecule has 0 aromatic carbocycles. The van der Waals surface area contributed by atoms with Gasteiger partial charge in [0.25, 0.3) is 0 Å². The van der Waals surface area contributed by atoms with Gasteiger partial charge in [0.15, 0.2) is 0 Å². The summed E-state index contributed by atoms with van der Waals surface area (Å²) in [5.74, 6) is 0. The third-order valence-corrected chi connectivity index (χ3v) is 2.76. The normalized spacial score (nSPS) is 30.2. The molecule has 1 N–H and O–H groups in total. The van der Waals surface area contributed by atoms with Crippen molar-refractivity contribution < 1.29 is 0 Å². The molecule has 0 spiro atoms. The van der Waals surface area contributed by atoms with E-state index in [1.165, 1.54) is 39.3 Å². The van der Waals surface area contributed by atoms with E-state index >= 15 is 0 Å². The summed E-state index contributed by atoms with van der Waals surface area (Å²) in [7, 11) is 2.21. The fourth-order valence-corrected chi connectivity index (χ4v) is 2.03. The number of likely N-dealkylation sites (N-methyl/N-ethyl adjacent to an activating group) is 1. The predicted molar refractivity (Wildman–Crippen MR) is 57.1 cm³/mol. The molecule has 0 saturated carbocycles. The van der Waals surface area contributed by atoms with Gasteiger partial charge in [-0.25, -0.2) is 0 Å². The fourth-order valence-electron chi connectivity index (χ4n) is 2.03. The molecule has 0 aliphatic carbocycles. The van der Waals surface area contributed by atoms with Gasteiger partial charge in [0.05, 0.1) is 0 Å². The highest BCUT2D eigenvalue weighted by Crippen LogP contribution is 2.09. The summed E-state index contributed by atoms with van der Waals surface area (Å²) >= 11 is 0. The number of nitrogens with zero attached hydrogens (tertiary/aromatic N) is 2. The van der Waals surface area contributed by atoms with Crippen LogP contribution in [0.25, 0.3) is 0 Å². The van der Waals surface area contributed by atoms with Gasteiger partial charge >= 0.3 is 0 Å². The van der Waals surface area contributed by atoms with Crippen molar-refractivity contribution in [2.24, 2.45) is 0 Å². The van der Waals surface area contributed by atoms with Gasteiger partial charge in [-0.3, -0.25) is 4.90 Å². The lowest BCUT2D eigenvalue weighted by Gasteiger charge is -2.43. The second-order valence-electron chi connectivity index (χ2n) is 3.66. The second-order valence-corrected chi connectivity index (χ2v) is 3.66. The van der Waals surface area contributed by atoms with Crippen LogP contribution in [-0.2, 0) is 0 Å². The molecule has 0 aromatic heterocycles. The molecular formula is C10H23N3. The Morgan fingerprint density at radius 1 is 1.15 bits per heavy atom. The van der Waals surface area contributed by atoms with Crippen LogP contribution in [0.2, 0.25) is 0 Å². The molecule has 1 unspecified atom stereocenters. The van der Waals surface area contributed by atoms with E-state index in [1.807, 2.05) is 13.8 Å². The van der Waals surface area contributed by atoms with Crippen LogP contribution >= 0.6 is 0 Å². The highest BCUT2D eigenvalue weighted by molar-refractivity contribution is 4.85. The van der Waals surface area contributed by atoms with E-state index in [4.69, 9.17) is 0 Å². The zero-order chi connectivity index (χ0) is 9.68. The molecule has 3 nitrogen and oxygen atoms in total. The molecule has 78 valence electrons. The van der Waals surface area contributed by atoms with E-state index in [-0.39, 0.29) is 0 Å². The van der Waals surface area contributed by atoms with Crippen LogP contribution in [0.1, 0.15) is 13.8 Å². The topological polar surface area (TPSA) is 18.5 Å². The summed E-state index contributed by atoms with van der Waals surface area (Å²) in [5, 5.41) is 3.44. The monoisotopic (exact) mass is 185 g/mol. The lowest BCUT2D eigenvalue weighted by atomic mass is 10.1. The zero-order valence-corrected chi connectivity index (χ0v) is 9.21. The van der Waals surface area contributed by atoms with E-state index in [2.05, 4.69) is 22.2 Å². The van der Waals surface area contributed by atoms with Crippen LogP contribution in [0.4, 0.5) is 0 Å². The van der Waals surface area contributed by atoms with Crippen molar-refractivity contribution in [2.45, 2.75) is 19.9 Å². The quantitative estimate of drug-likeness (QED) is 0.583. The van der Waals surface area contributed by atoms with Gasteiger partial charge < -0.3 is 10.2 Å². The molecular weight excluding hydrogens is 162 g/mol. The number of piperazine rings is 2. The minimum Gasteiger partial charge on any atom is -0.314 e. The molecule has 0 amide bonds. The maximum absolute atomic E-state index is 3.44. The third-order valence-electron chi connectivity index (χ3n) is 2.76. The molecule has 0 radical (unpaired) electrons. The van der Waals surface area contributed by atoms with Crippen molar-refractivity contribution in [1.29, 1.82) is 0 Å². The standard InChI is InChI=1S/C8H17N3.C2H6/c1-10-4-5-11-3-2-9-6-8(11)7-10;1-2/h8-9H,2-7H2,1H3;1-2H3. The largest absolute Gasteiger partial charge is 0.314 e. The van der Waals surface area contributed by atoms with Crippen molar-refractivity contribution in [3.63, 3.8) is 0 Å². The van der Waals surface area contributed by atoms with E-state index < -0.39 is 0 Å². The van der Waals surface area contributed by atoms with Crippen LogP contribution in [-0.4, -0.2) is 62.2 Å². The molecule has 1 atom stereocenters. The highest BCUT2D eigenvalue weighted by Gasteiger charge is 2.26. The van der Waals surface area contributed by atoms with E-state index in [0.717, 1.165) is 6.04 Å². The molecule has 0 bridgehead atoms. The summed E-state index contributed by atoms with van der Waals surface area (Å²) in [6, 6.07) is 0.780. The van der Waals surface area contributed by atoms with Crippen LogP contribution in [0.3, 0.4) is 0 Å². The Hall–Kier alpha value is -0.120. The van der Waals surface area contributed by atoms with Gasteiger partial charge in [-0.15, -0.1) is 0 Å². The number of hydrogen-bond acceptors (Lipinski definition) is 3. The van der Waals surface area contributed by atoms with Crippen LogP contribution < -0.4 is 5.32 Å². The molecule has 2 saturated heterocycles. The summed E-state index contributed by atoms with van der Waals surface area (Å²) in [6.07, 6.45) is 0. The maximum Gasteiger partial charge on any atom is 0.0348 e. The van der Waals surface area contributed by atoms with Crippen molar-refractivity contribution >= 4 is 0 Å². The average molecular weight is 185 g/mol. The molecule has 2 rings (SSSR count). The van der Waals surface area contributed by atoms with Gasteiger partial charge in [0, 0.05) is 45.3 Å². The fraction of sp³-hybridized carbons (Fsp3) is 1.00. The average Bonchev–Trinajstić information content (AvgIpc) is 2.21. The Kier molecular flexibility index (Phi) is 4.70. The van der Waals surface area contributed by atoms with Gasteiger partial charge in [-0.1, -0.05) is 13.8 Å². The third kappa shape index (κ3) is 2.93. The van der Waals surface area contributed by atoms with Crippen molar-refractivity contribution in [3.05, 3.63) is 0 Å². The van der Waals surface area contributed by atoms with Crippen LogP contribution in [0.5, 0.6) is 0 Å². The maximum atomic E-state index is 3.44. The number of nitrogens with one attached hydrogen (secondary N) is 1. The molecule has 2 aliphatic heterocycles. The van der Waals surface area contributed by atoms with Gasteiger partial charge in [0.1, 0.15) is 0 Å². The Morgan fingerprint density at radius 3 is 2.69 bits per heavy atom.